The van der Waals surface area contributed by atoms with Crippen LogP contribution in [0.2, 0.25) is 0 Å². The van der Waals surface area contributed by atoms with Crippen LogP contribution in [0.25, 0.3) is 10.9 Å². The average Bonchev–Trinajstić information content (AvgIpc) is 3.35. The molecule has 9 heteroatoms. The van der Waals surface area contributed by atoms with Crippen molar-refractivity contribution in [3.8, 4) is 5.75 Å². The van der Waals surface area contributed by atoms with Gasteiger partial charge in [0.25, 0.3) is 0 Å². The molecule has 1 aliphatic heterocycles. The third kappa shape index (κ3) is 7.63. The number of amides is 2. The number of aliphatic carboxylic acids is 1. The fraction of sp³-hybridized carbons (Fsp3) is 0.452. The van der Waals surface area contributed by atoms with Gasteiger partial charge in [0.1, 0.15) is 5.75 Å². The number of hydrogen-bond donors (Lipinski definition) is 4. The molecular weight excluding hydrogens is 508 g/mol. The summed E-state index contributed by atoms with van der Waals surface area (Å²) in [5.41, 5.74) is 11.5. The Balaban J connectivity index is 1.27. The van der Waals surface area contributed by atoms with E-state index in [2.05, 4.69) is 10.3 Å². The number of carbonyl (C=O) groups is 3. The summed E-state index contributed by atoms with van der Waals surface area (Å²) in [5.74, 6) is -0.161. The maximum absolute atomic E-state index is 12.8. The van der Waals surface area contributed by atoms with Gasteiger partial charge in [0.05, 0.1) is 19.1 Å². The van der Waals surface area contributed by atoms with Gasteiger partial charge in [-0.25, -0.2) is 0 Å². The van der Waals surface area contributed by atoms with Crippen LogP contribution >= 0.6 is 0 Å². The molecule has 2 aromatic carbocycles. The number of aromatic amines is 1. The highest BCUT2D eigenvalue weighted by atomic mass is 16.5. The number of para-hydroxylation sites is 1. The predicted molar refractivity (Wildman–Crippen MR) is 154 cm³/mol. The molecule has 0 radical (unpaired) electrons. The Hall–Kier alpha value is -3.85. The first-order chi connectivity index (χ1) is 19.2. The van der Waals surface area contributed by atoms with Crippen molar-refractivity contribution in [2.45, 2.75) is 65.0 Å². The number of H-pyrrole nitrogens is 1. The minimum absolute atomic E-state index is 0.0500. The number of carboxylic acids is 1. The number of likely N-dealkylation sites (tertiary alicyclic amines) is 1. The maximum atomic E-state index is 12.8. The van der Waals surface area contributed by atoms with E-state index in [1.165, 1.54) is 0 Å². The highest BCUT2D eigenvalue weighted by Crippen LogP contribution is 2.25. The van der Waals surface area contributed by atoms with Crippen molar-refractivity contribution >= 4 is 28.7 Å². The van der Waals surface area contributed by atoms with Gasteiger partial charge in [0.2, 0.25) is 11.8 Å². The minimum Gasteiger partial charge on any atom is -0.494 e. The highest BCUT2D eigenvalue weighted by molar-refractivity contribution is 5.86. The minimum atomic E-state index is -0.948. The number of nitrogens with zero attached hydrogens (tertiary/aromatic N) is 1. The van der Waals surface area contributed by atoms with E-state index >= 15 is 0 Å². The molecule has 1 saturated heterocycles. The van der Waals surface area contributed by atoms with Crippen LogP contribution in [0.3, 0.4) is 0 Å². The Kier molecular flexibility index (Phi) is 9.82. The van der Waals surface area contributed by atoms with Crippen molar-refractivity contribution in [1.82, 2.24) is 15.2 Å². The lowest BCUT2D eigenvalue weighted by atomic mass is 9.95. The molecule has 0 bridgehead atoms. The lowest BCUT2D eigenvalue weighted by molar-refractivity contribution is -0.141. The van der Waals surface area contributed by atoms with E-state index in [0.717, 1.165) is 58.2 Å². The molecule has 2 heterocycles. The van der Waals surface area contributed by atoms with E-state index in [1.54, 1.807) is 4.90 Å². The van der Waals surface area contributed by atoms with Gasteiger partial charge < -0.3 is 30.8 Å². The Labute approximate surface area is 235 Å². The SMILES string of the molecule is Cc1cc(OCCC2CCCN(C(=O)CCC(=O)O)C2)cc(CNC(=O)[C@@H](N)Cc2c[nH]c3ccccc23)c1C. The number of ether oxygens (including phenoxy) is 1. The van der Waals surface area contributed by atoms with Crippen molar-refractivity contribution < 1.29 is 24.2 Å². The molecule has 1 fully saturated rings. The number of hydrogen-bond acceptors (Lipinski definition) is 5. The zero-order valence-electron chi connectivity index (χ0n) is 23.4. The third-order valence-electron chi connectivity index (χ3n) is 7.87. The topological polar surface area (TPSA) is 138 Å². The largest absolute Gasteiger partial charge is 0.494 e. The predicted octanol–water partition coefficient (Wildman–Crippen LogP) is 3.84. The summed E-state index contributed by atoms with van der Waals surface area (Å²) in [6, 6.07) is 11.3. The molecule has 214 valence electrons. The fourth-order valence-electron chi connectivity index (χ4n) is 5.35. The molecule has 0 aliphatic carbocycles. The first-order valence-electron chi connectivity index (χ1n) is 14.0. The van der Waals surface area contributed by atoms with Crippen LogP contribution in [0.15, 0.2) is 42.6 Å². The summed E-state index contributed by atoms with van der Waals surface area (Å²) in [7, 11) is 0. The van der Waals surface area contributed by atoms with Gasteiger partial charge in [-0.1, -0.05) is 18.2 Å². The fourth-order valence-corrected chi connectivity index (χ4v) is 5.35. The second-order valence-electron chi connectivity index (χ2n) is 10.8. The molecule has 1 aromatic heterocycles. The second kappa shape index (κ2) is 13.5. The highest BCUT2D eigenvalue weighted by Gasteiger charge is 2.24. The smallest absolute Gasteiger partial charge is 0.303 e. The van der Waals surface area contributed by atoms with Crippen molar-refractivity contribution in [1.29, 1.82) is 0 Å². The van der Waals surface area contributed by atoms with Gasteiger partial charge in [-0.15, -0.1) is 0 Å². The first kappa shape index (κ1) is 29.1. The Morgan fingerprint density at radius 2 is 1.98 bits per heavy atom. The molecule has 1 unspecified atom stereocenters. The number of benzene rings is 2. The van der Waals surface area contributed by atoms with Crippen molar-refractivity contribution in [3.05, 3.63) is 64.8 Å². The van der Waals surface area contributed by atoms with E-state index < -0.39 is 12.0 Å². The van der Waals surface area contributed by atoms with E-state index in [0.29, 0.717) is 38.6 Å². The summed E-state index contributed by atoms with van der Waals surface area (Å²) in [4.78, 5) is 40.9. The Morgan fingerprint density at radius 3 is 2.77 bits per heavy atom. The third-order valence-corrected chi connectivity index (χ3v) is 7.87. The molecular formula is C31H40N4O5. The quantitative estimate of drug-likeness (QED) is 0.271. The lowest BCUT2D eigenvalue weighted by Crippen LogP contribution is -2.41. The normalized spacial score (nSPS) is 16.1. The van der Waals surface area contributed by atoms with Crippen LogP contribution in [0.4, 0.5) is 0 Å². The molecule has 1 aliphatic rings. The number of carbonyl (C=O) groups excluding carboxylic acids is 2. The molecule has 5 N–H and O–H groups in total. The van der Waals surface area contributed by atoms with Gasteiger partial charge in [-0.2, -0.15) is 0 Å². The maximum Gasteiger partial charge on any atom is 0.303 e. The molecule has 2 amide bonds. The molecule has 9 nitrogen and oxygen atoms in total. The molecule has 0 spiro atoms. The van der Waals surface area contributed by atoms with Gasteiger partial charge in [0, 0.05) is 43.2 Å². The van der Waals surface area contributed by atoms with Gasteiger partial charge in [-0.05, 0) is 85.9 Å². The summed E-state index contributed by atoms with van der Waals surface area (Å²) in [6.45, 7) is 6.27. The number of aromatic nitrogens is 1. The van der Waals surface area contributed by atoms with Crippen molar-refractivity contribution in [2.24, 2.45) is 11.7 Å². The van der Waals surface area contributed by atoms with Crippen molar-refractivity contribution in [3.63, 3.8) is 0 Å². The Bertz CT molecular complexity index is 1350. The zero-order chi connectivity index (χ0) is 28.6. The monoisotopic (exact) mass is 548 g/mol. The molecule has 3 aromatic rings. The summed E-state index contributed by atoms with van der Waals surface area (Å²) in [6.07, 6.45) is 5.02. The first-order valence-corrected chi connectivity index (χ1v) is 14.0. The van der Waals surface area contributed by atoms with Crippen LogP contribution < -0.4 is 15.8 Å². The number of piperidine rings is 1. The molecule has 0 saturated carbocycles. The number of carboxylic acid groups (broad SMARTS) is 1. The van der Waals surface area contributed by atoms with Crippen LogP contribution in [0.1, 0.15) is 54.4 Å². The van der Waals surface area contributed by atoms with Crippen LogP contribution in [0.5, 0.6) is 5.75 Å². The zero-order valence-corrected chi connectivity index (χ0v) is 23.4. The standard InChI is InChI=1S/C31H40N4O5/c1-20-14-25(40-13-11-22-6-5-12-35(19-22)29(36)9-10-30(37)38)15-23(21(20)2)17-34-31(39)27(32)16-24-18-33-28-8-4-3-7-26(24)28/h3-4,7-8,14-15,18,22,27,33H,5-6,9-13,16-17,19,32H2,1-2H3,(H,34,39)(H,37,38)/t22?,27-/m0/s1. The van der Waals surface area contributed by atoms with E-state index in [4.69, 9.17) is 15.6 Å². The van der Waals surface area contributed by atoms with Crippen LogP contribution in [-0.4, -0.2) is 58.5 Å². The van der Waals surface area contributed by atoms with Crippen LogP contribution in [0, 0.1) is 19.8 Å². The molecule has 40 heavy (non-hydrogen) atoms. The second-order valence-corrected chi connectivity index (χ2v) is 10.8. The molecule has 4 rings (SSSR count). The molecule has 2 atom stereocenters. The number of fused-ring (bicyclic) bond motifs is 1. The van der Waals surface area contributed by atoms with Gasteiger partial charge >= 0.3 is 5.97 Å². The van der Waals surface area contributed by atoms with Crippen LogP contribution in [-0.2, 0) is 27.3 Å². The number of nitrogens with two attached hydrogens (primary N) is 1. The van der Waals surface area contributed by atoms with Crippen molar-refractivity contribution in [2.75, 3.05) is 19.7 Å². The number of nitrogens with one attached hydrogen (secondary N) is 2. The number of rotatable bonds is 12. The number of aryl methyl sites for hydroxylation is 1. The Morgan fingerprint density at radius 1 is 1.18 bits per heavy atom. The van der Waals surface area contributed by atoms with Gasteiger partial charge in [0.15, 0.2) is 0 Å². The summed E-state index contributed by atoms with van der Waals surface area (Å²) >= 11 is 0. The van der Waals surface area contributed by atoms with E-state index in [9.17, 15) is 14.4 Å². The van der Waals surface area contributed by atoms with E-state index in [1.807, 2.05) is 56.4 Å². The lowest BCUT2D eigenvalue weighted by Gasteiger charge is -2.32. The summed E-state index contributed by atoms with van der Waals surface area (Å²) < 4.78 is 6.10. The van der Waals surface area contributed by atoms with Gasteiger partial charge in [-0.3, -0.25) is 14.4 Å². The summed E-state index contributed by atoms with van der Waals surface area (Å²) in [5, 5.41) is 12.9. The van der Waals surface area contributed by atoms with E-state index in [-0.39, 0.29) is 24.7 Å². The average molecular weight is 549 g/mol.